The number of hydrogen-bond acceptors (Lipinski definition) is 6. The molecule has 1 saturated heterocycles. The van der Waals surface area contributed by atoms with Gasteiger partial charge < -0.3 is 19.5 Å². The van der Waals surface area contributed by atoms with Crippen LogP contribution in [0, 0.1) is 6.92 Å². The van der Waals surface area contributed by atoms with Crippen molar-refractivity contribution in [2.75, 3.05) is 25.5 Å². The molecule has 6 rings (SSSR count). The molecule has 40 heavy (non-hydrogen) atoms. The summed E-state index contributed by atoms with van der Waals surface area (Å²) in [6, 6.07) is 22.4. The molecule has 0 unspecified atom stereocenters. The third-order valence-corrected chi connectivity index (χ3v) is 8.42. The molecule has 7 nitrogen and oxygen atoms in total. The number of ether oxygens (including phenoxy) is 1. The molecule has 2 aliphatic rings. The van der Waals surface area contributed by atoms with E-state index in [0.29, 0.717) is 23.2 Å². The maximum atomic E-state index is 13.2. The van der Waals surface area contributed by atoms with Gasteiger partial charge in [-0.15, -0.1) is 0 Å². The number of rotatable bonds is 7. The average Bonchev–Trinajstić information content (AvgIpc) is 3.70. The predicted molar refractivity (Wildman–Crippen MR) is 157 cm³/mol. The summed E-state index contributed by atoms with van der Waals surface area (Å²) >= 11 is 0. The maximum Gasteiger partial charge on any atom is 0.257 e. The molecule has 206 valence electrons. The Bertz CT molecular complexity index is 1470. The first-order valence-electron chi connectivity index (χ1n) is 14.3. The van der Waals surface area contributed by atoms with E-state index in [1.807, 2.05) is 60.7 Å². The van der Waals surface area contributed by atoms with Crippen LogP contribution in [0.2, 0.25) is 0 Å². The van der Waals surface area contributed by atoms with Gasteiger partial charge in [-0.25, -0.2) is 0 Å². The Morgan fingerprint density at radius 3 is 2.38 bits per heavy atom. The van der Waals surface area contributed by atoms with E-state index < -0.39 is 0 Å². The van der Waals surface area contributed by atoms with Crippen molar-refractivity contribution in [1.82, 2.24) is 15.0 Å². The van der Waals surface area contributed by atoms with Gasteiger partial charge in [0, 0.05) is 22.9 Å². The van der Waals surface area contributed by atoms with E-state index in [-0.39, 0.29) is 5.91 Å². The highest BCUT2D eigenvalue weighted by atomic mass is 16.5. The number of nitrogens with one attached hydrogen (secondary N) is 1. The van der Waals surface area contributed by atoms with Gasteiger partial charge in [-0.05, 0) is 111 Å². The van der Waals surface area contributed by atoms with Crippen molar-refractivity contribution < 1.29 is 14.1 Å². The van der Waals surface area contributed by atoms with E-state index in [2.05, 4.69) is 26.4 Å². The number of aromatic nitrogens is 2. The summed E-state index contributed by atoms with van der Waals surface area (Å²) in [7, 11) is 1.73. The van der Waals surface area contributed by atoms with Crippen molar-refractivity contribution in [2.45, 2.75) is 57.4 Å². The lowest BCUT2D eigenvalue weighted by molar-refractivity contribution is 0.102. The number of carbonyl (C=O) groups excluding carboxylic acids is 1. The fourth-order valence-corrected chi connectivity index (χ4v) is 6.24. The van der Waals surface area contributed by atoms with Crippen molar-refractivity contribution in [1.29, 1.82) is 0 Å². The molecule has 2 fully saturated rings. The predicted octanol–water partition coefficient (Wildman–Crippen LogP) is 7.09. The van der Waals surface area contributed by atoms with Crippen LogP contribution in [0.5, 0.6) is 5.75 Å². The summed E-state index contributed by atoms with van der Waals surface area (Å²) in [5.74, 6) is 2.31. The SMILES string of the molecule is COc1ccc(NC(=O)c2ccc(-c3cccc(-c4nc(C)no4)c3)cc2)cc1C1CCN(C2CCCC2)CC1. The Morgan fingerprint density at radius 2 is 1.68 bits per heavy atom. The van der Waals surface area contributed by atoms with Gasteiger partial charge in [0.15, 0.2) is 5.82 Å². The van der Waals surface area contributed by atoms with Gasteiger partial charge in [-0.1, -0.05) is 42.3 Å². The summed E-state index contributed by atoms with van der Waals surface area (Å²) < 4.78 is 11.0. The lowest BCUT2D eigenvalue weighted by atomic mass is 9.87. The zero-order chi connectivity index (χ0) is 27.5. The lowest BCUT2D eigenvalue weighted by Gasteiger charge is -2.36. The largest absolute Gasteiger partial charge is 0.496 e. The van der Waals surface area contributed by atoms with Crippen LogP contribution in [0.25, 0.3) is 22.6 Å². The number of methoxy groups -OCH3 is 1. The second-order valence-corrected chi connectivity index (χ2v) is 11.0. The number of carbonyl (C=O) groups is 1. The van der Waals surface area contributed by atoms with Gasteiger partial charge in [-0.2, -0.15) is 4.98 Å². The standard InChI is InChI=1S/C33H36N4O3/c1-22-34-33(40-36-22)27-7-5-6-26(20-27)23-10-12-25(13-11-23)32(38)35-28-14-15-31(39-2)30(21-28)24-16-18-37(19-17-24)29-8-3-4-9-29/h5-7,10-15,20-21,24,29H,3-4,8-9,16-19H2,1-2H3,(H,35,38). The number of anilines is 1. The minimum Gasteiger partial charge on any atom is -0.496 e. The number of aryl methyl sites for hydroxylation is 1. The molecule has 1 aliphatic carbocycles. The average molecular weight is 537 g/mol. The van der Waals surface area contributed by atoms with Crippen LogP contribution in [0.1, 0.15) is 66.2 Å². The molecule has 0 atom stereocenters. The van der Waals surface area contributed by atoms with Crippen molar-refractivity contribution in [3.05, 3.63) is 83.7 Å². The molecule has 2 heterocycles. The molecule has 1 aromatic heterocycles. The van der Waals surface area contributed by atoms with Crippen molar-refractivity contribution in [3.8, 4) is 28.3 Å². The minimum absolute atomic E-state index is 0.131. The number of nitrogens with zero attached hydrogens (tertiary/aromatic N) is 3. The van der Waals surface area contributed by atoms with Crippen LogP contribution in [-0.4, -0.2) is 47.2 Å². The second kappa shape index (κ2) is 11.6. The fraction of sp³-hybridized carbons (Fsp3) is 0.364. The molecule has 1 amide bonds. The van der Waals surface area contributed by atoms with Gasteiger partial charge in [0.05, 0.1) is 7.11 Å². The Morgan fingerprint density at radius 1 is 0.925 bits per heavy atom. The summed E-state index contributed by atoms with van der Waals surface area (Å²) in [4.78, 5) is 20.2. The highest BCUT2D eigenvalue weighted by molar-refractivity contribution is 6.04. The van der Waals surface area contributed by atoms with Crippen LogP contribution in [-0.2, 0) is 0 Å². The Kier molecular flexibility index (Phi) is 7.64. The quantitative estimate of drug-likeness (QED) is 0.271. The molecule has 7 heteroatoms. The topological polar surface area (TPSA) is 80.5 Å². The maximum absolute atomic E-state index is 13.2. The molecule has 0 radical (unpaired) electrons. The van der Waals surface area contributed by atoms with Gasteiger partial charge >= 0.3 is 0 Å². The third kappa shape index (κ3) is 5.65. The molecular weight excluding hydrogens is 500 g/mol. The Hall–Kier alpha value is -3.97. The zero-order valence-corrected chi connectivity index (χ0v) is 23.2. The molecule has 0 bridgehead atoms. The Balaban J connectivity index is 1.13. The minimum atomic E-state index is -0.131. The van der Waals surface area contributed by atoms with E-state index in [1.165, 1.54) is 31.2 Å². The number of likely N-dealkylation sites (tertiary alicyclic amines) is 1. The summed E-state index contributed by atoms with van der Waals surface area (Å²) in [6.07, 6.45) is 7.69. The van der Waals surface area contributed by atoms with E-state index in [9.17, 15) is 4.79 Å². The number of piperidine rings is 1. The molecule has 3 aromatic carbocycles. The van der Waals surface area contributed by atoms with Crippen molar-refractivity contribution in [3.63, 3.8) is 0 Å². The highest BCUT2D eigenvalue weighted by Gasteiger charge is 2.29. The van der Waals surface area contributed by atoms with Crippen molar-refractivity contribution >= 4 is 11.6 Å². The van der Waals surface area contributed by atoms with E-state index in [1.54, 1.807) is 14.0 Å². The van der Waals surface area contributed by atoms with Crippen LogP contribution >= 0.6 is 0 Å². The van der Waals surface area contributed by atoms with Gasteiger partial charge in [0.25, 0.3) is 11.8 Å². The van der Waals surface area contributed by atoms with Gasteiger partial charge in [-0.3, -0.25) is 4.79 Å². The summed E-state index contributed by atoms with van der Waals surface area (Å²) in [5.41, 5.74) is 5.47. The zero-order valence-electron chi connectivity index (χ0n) is 23.2. The smallest absolute Gasteiger partial charge is 0.257 e. The third-order valence-electron chi connectivity index (χ3n) is 8.42. The summed E-state index contributed by atoms with van der Waals surface area (Å²) in [5, 5.41) is 6.98. The lowest BCUT2D eigenvalue weighted by Crippen LogP contribution is -2.39. The molecule has 1 aliphatic heterocycles. The first kappa shape index (κ1) is 26.3. The van der Waals surface area contributed by atoms with Crippen LogP contribution < -0.4 is 10.1 Å². The molecule has 4 aromatic rings. The van der Waals surface area contributed by atoms with Crippen LogP contribution in [0.15, 0.2) is 71.3 Å². The number of hydrogen-bond donors (Lipinski definition) is 1. The fourth-order valence-electron chi connectivity index (χ4n) is 6.24. The highest BCUT2D eigenvalue weighted by Crippen LogP contribution is 2.38. The van der Waals surface area contributed by atoms with E-state index in [4.69, 9.17) is 9.26 Å². The number of amides is 1. The molecule has 0 spiro atoms. The molecule has 1 N–H and O–H groups in total. The monoisotopic (exact) mass is 536 g/mol. The summed E-state index contributed by atoms with van der Waals surface area (Å²) in [6.45, 7) is 4.07. The number of benzene rings is 3. The van der Waals surface area contributed by atoms with Crippen LogP contribution in [0.4, 0.5) is 5.69 Å². The van der Waals surface area contributed by atoms with Gasteiger partial charge in [0.1, 0.15) is 5.75 Å². The van der Waals surface area contributed by atoms with Crippen molar-refractivity contribution in [2.24, 2.45) is 0 Å². The normalized spacial score (nSPS) is 16.8. The molecule has 1 saturated carbocycles. The van der Waals surface area contributed by atoms with Gasteiger partial charge in [0.2, 0.25) is 0 Å². The van der Waals surface area contributed by atoms with E-state index in [0.717, 1.165) is 60.1 Å². The second-order valence-electron chi connectivity index (χ2n) is 11.0. The molecular formula is C33H36N4O3. The van der Waals surface area contributed by atoms with E-state index >= 15 is 0 Å². The van der Waals surface area contributed by atoms with Crippen LogP contribution in [0.3, 0.4) is 0 Å². The first-order valence-corrected chi connectivity index (χ1v) is 14.3. The Labute approximate surface area is 235 Å². The first-order chi connectivity index (χ1) is 19.6.